The molecule has 0 fully saturated rings. The van der Waals surface area contributed by atoms with E-state index >= 15 is 0 Å². The van der Waals surface area contributed by atoms with E-state index in [0.29, 0.717) is 17.9 Å². The Labute approximate surface area is 143 Å². The molecule has 0 spiro atoms. The number of carbonyl (C=O) groups excluding carboxylic acids is 1. The average molecular weight is 325 g/mol. The molecule has 0 saturated heterocycles. The standard InChI is InChI=1S/C20H23NO3/c1-5-12-23-19-10-8-17(9-11-19)20(22)24-21-16(4)18-7-6-14(2)15(3)13-18/h6-11,13H,5,12H2,1-4H3/b21-16+. The number of hydrogen-bond donors (Lipinski definition) is 0. The fourth-order valence-electron chi connectivity index (χ4n) is 2.09. The summed E-state index contributed by atoms with van der Waals surface area (Å²) in [7, 11) is 0. The van der Waals surface area contributed by atoms with Gasteiger partial charge in [0.2, 0.25) is 0 Å². The molecule has 2 aromatic rings. The lowest BCUT2D eigenvalue weighted by Crippen LogP contribution is -2.04. The van der Waals surface area contributed by atoms with Crippen molar-refractivity contribution in [2.75, 3.05) is 6.61 Å². The highest BCUT2D eigenvalue weighted by molar-refractivity contribution is 5.99. The molecular weight excluding hydrogens is 302 g/mol. The molecule has 0 atom stereocenters. The van der Waals surface area contributed by atoms with E-state index in [-0.39, 0.29) is 0 Å². The van der Waals surface area contributed by atoms with E-state index in [2.05, 4.69) is 12.1 Å². The number of oxime groups is 1. The quantitative estimate of drug-likeness (QED) is 0.440. The number of ether oxygens (including phenoxy) is 1. The largest absolute Gasteiger partial charge is 0.494 e. The van der Waals surface area contributed by atoms with E-state index in [4.69, 9.17) is 9.57 Å². The molecule has 0 heterocycles. The van der Waals surface area contributed by atoms with Crippen LogP contribution in [0.5, 0.6) is 5.75 Å². The van der Waals surface area contributed by atoms with E-state index in [1.54, 1.807) is 24.3 Å². The second-order valence-electron chi connectivity index (χ2n) is 5.73. The van der Waals surface area contributed by atoms with E-state index in [1.807, 2.05) is 39.0 Å². The van der Waals surface area contributed by atoms with Crippen LogP contribution in [0.25, 0.3) is 0 Å². The number of nitrogens with zero attached hydrogens (tertiary/aromatic N) is 1. The molecule has 2 aromatic carbocycles. The first-order chi connectivity index (χ1) is 11.5. The molecule has 0 saturated carbocycles. The van der Waals surface area contributed by atoms with Gasteiger partial charge in [-0.3, -0.25) is 0 Å². The number of carbonyl (C=O) groups is 1. The lowest BCUT2D eigenvalue weighted by atomic mass is 10.0. The molecule has 0 N–H and O–H groups in total. The van der Waals surface area contributed by atoms with Crippen molar-refractivity contribution in [3.05, 3.63) is 64.7 Å². The van der Waals surface area contributed by atoms with Crippen molar-refractivity contribution < 1.29 is 14.4 Å². The van der Waals surface area contributed by atoms with Crippen molar-refractivity contribution in [3.63, 3.8) is 0 Å². The van der Waals surface area contributed by atoms with Gasteiger partial charge in [0, 0.05) is 0 Å². The second kappa shape index (κ2) is 8.29. The number of hydrogen-bond acceptors (Lipinski definition) is 4. The molecule has 4 nitrogen and oxygen atoms in total. The first-order valence-corrected chi connectivity index (χ1v) is 8.07. The summed E-state index contributed by atoms with van der Waals surface area (Å²) in [6.45, 7) is 8.61. The maximum absolute atomic E-state index is 12.1. The topological polar surface area (TPSA) is 47.9 Å². The molecular formula is C20H23NO3. The summed E-state index contributed by atoms with van der Waals surface area (Å²) in [5.41, 5.74) is 4.43. The molecule has 0 bridgehead atoms. The molecule has 0 aliphatic rings. The van der Waals surface area contributed by atoms with Gasteiger partial charge in [-0.05, 0) is 74.2 Å². The monoisotopic (exact) mass is 325 g/mol. The van der Waals surface area contributed by atoms with E-state index in [9.17, 15) is 4.79 Å². The van der Waals surface area contributed by atoms with Gasteiger partial charge in [0.1, 0.15) is 5.75 Å². The fourth-order valence-corrected chi connectivity index (χ4v) is 2.09. The summed E-state index contributed by atoms with van der Waals surface area (Å²) in [5, 5.41) is 3.95. The number of aryl methyl sites for hydroxylation is 2. The molecule has 24 heavy (non-hydrogen) atoms. The van der Waals surface area contributed by atoms with Crippen LogP contribution < -0.4 is 4.74 Å². The van der Waals surface area contributed by atoms with Crippen LogP contribution in [-0.2, 0) is 4.84 Å². The molecule has 126 valence electrons. The molecule has 4 heteroatoms. The van der Waals surface area contributed by atoms with Gasteiger partial charge >= 0.3 is 5.97 Å². The molecule has 0 amide bonds. The predicted octanol–water partition coefficient (Wildman–Crippen LogP) is 4.67. The minimum absolute atomic E-state index is 0.440. The number of rotatable bonds is 6. The maximum atomic E-state index is 12.1. The van der Waals surface area contributed by atoms with Crippen LogP contribution in [0.15, 0.2) is 47.6 Å². The zero-order valence-corrected chi connectivity index (χ0v) is 14.6. The number of benzene rings is 2. The van der Waals surface area contributed by atoms with Crippen LogP contribution in [0.1, 0.15) is 47.3 Å². The van der Waals surface area contributed by atoms with Crippen LogP contribution in [0.2, 0.25) is 0 Å². The Morgan fingerprint density at radius 2 is 1.67 bits per heavy atom. The second-order valence-corrected chi connectivity index (χ2v) is 5.73. The van der Waals surface area contributed by atoms with Gasteiger partial charge < -0.3 is 9.57 Å². The van der Waals surface area contributed by atoms with Crippen molar-refractivity contribution in [2.45, 2.75) is 34.1 Å². The highest BCUT2D eigenvalue weighted by Crippen LogP contribution is 2.14. The lowest BCUT2D eigenvalue weighted by molar-refractivity contribution is 0.0516. The van der Waals surface area contributed by atoms with Gasteiger partial charge in [-0.1, -0.05) is 24.2 Å². The molecule has 0 radical (unpaired) electrons. The first kappa shape index (κ1) is 17.7. The van der Waals surface area contributed by atoms with Crippen molar-refractivity contribution >= 4 is 11.7 Å². The fraction of sp³-hybridized carbons (Fsp3) is 0.300. The van der Waals surface area contributed by atoms with Crippen LogP contribution in [0.4, 0.5) is 0 Å². The highest BCUT2D eigenvalue weighted by atomic mass is 16.7. The normalized spacial score (nSPS) is 11.2. The Hall–Kier alpha value is -2.62. The summed E-state index contributed by atoms with van der Waals surface area (Å²) in [5.74, 6) is 0.253. The van der Waals surface area contributed by atoms with Gasteiger partial charge in [0.15, 0.2) is 0 Å². The Balaban J connectivity index is 2.01. The molecule has 0 unspecified atom stereocenters. The van der Waals surface area contributed by atoms with Crippen LogP contribution in [-0.4, -0.2) is 18.3 Å². The third-order valence-corrected chi connectivity index (χ3v) is 3.75. The smallest absolute Gasteiger partial charge is 0.365 e. The Morgan fingerprint density at radius 1 is 1.00 bits per heavy atom. The van der Waals surface area contributed by atoms with Crippen molar-refractivity contribution in [3.8, 4) is 5.75 Å². The van der Waals surface area contributed by atoms with Crippen molar-refractivity contribution in [2.24, 2.45) is 5.16 Å². The van der Waals surface area contributed by atoms with E-state index in [0.717, 1.165) is 17.7 Å². The highest BCUT2D eigenvalue weighted by Gasteiger charge is 2.08. The summed E-state index contributed by atoms with van der Waals surface area (Å²) in [4.78, 5) is 17.1. The Morgan fingerprint density at radius 3 is 2.29 bits per heavy atom. The van der Waals surface area contributed by atoms with Gasteiger partial charge in [-0.25, -0.2) is 4.79 Å². The summed E-state index contributed by atoms with van der Waals surface area (Å²) < 4.78 is 5.49. The Bertz CT molecular complexity index is 733. The molecule has 0 aliphatic heterocycles. The summed E-state index contributed by atoms with van der Waals surface area (Å²) in [6.07, 6.45) is 0.941. The first-order valence-electron chi connectivity index (χ1n) is 8.07. The predicted molar refractivity (Wildman–Crippen MR) is 95.8 cm³/mol. The molecule has 2 rings (SSSR count). The van der Waals surface area contributed by atoms with Gasteiger partial charge in [0.05, 0.1) is 17.9 Å². The van der Waals surface area contributed by atoms with Gasteiger partial charge in [0.25, 0.3) is 0 Å². The lowest BCUT2D eigenvalue weighted by Gasteiger charge is -2.06. The summed E-state index contributed by atoms with van der Waals surface area (Å²) in [6, 6.07) is 12.9. The SMILES string of the molecule is CCCOc1ccc(C(=O)O/N=C(\C)c2ccc(C)c(C)c2)cc1. The van der Waals surface area contributed by atoms with Crippen LogP contribution in [0, 0.1) is 13.8 Å². The molecule has 0 aliphatic carbocycles. The van der Waals surface area contributed by atoms with Gasteiger partial charge in [-0.15, -0.1) is 0 Å². The van der Waals surface area contributed by atoms with Crippen molar-refractivity contribution in [1.29, 1.82) is 0 Å². The third-order valence-electron chi connectivity index (χ3n) is 3.75. The molecule has 0 aromatic heterocycles. The minimum Gasteiger partial charge on any atom is -0.494 e. The van der Waals surface area contributed by atoms with Crippen LogP contribution in [0.3, 0.4) is 0 Å². The van der Waals surface area contributed by atoms with Gasteiger partial charge in [-0.2, -0.15) is 0 Å². The summed E-state index contributed by atoms with van der Waals surface area (Å²) >= 11 is 0. The zero-order chi connectivity index (χ0) is 17.5. The average Bonchev–Trinajstić information content (AvgIpc) is 2.60. The Kier molecular flexibility index (Phi) is 6.13. The zero-order valence-electron chi connectivity index (χ0n) is 14.6. The minimum atomic E-state index is -0.486. The van der Waals surface area contributed by atoms with E-state index in [1.165, 1.54) is 11.1 Å². The third kappa shape index (κ3) is 4.69. The van der Waals surface area contributed by atoms with Crippen molar-refractivity contribution in [1.82, 2.24) is 0 Å². The van der Waals surface area contributed by atoms with Crippen LogP contribution >= 0.6 is 0 Å². The van der Waals surface area contributed by atoms with E-state index < -0.39 is 5.97 Å². The maximum Gasteiger partial charge on any atom is 0.365 e.